The lowest BCUT2D eigenvalue weighted by Gasteiger charge is -2.27. The third-order valence-electron chi connectivity index (χ3n) is 4.82. The van der Waals surface area contributed by atoms with Crippen LogP contribution in [0.1, 0.15) is 31.2 Å². The molecule has 1 aliphatic rings. The van der Waals surface area contributed by atoms with Crippen molar-refractivity contribution in [3.05, 3.63) is 52.8 Å². The van der Waals surface area contributed by atoms with Crippen LogP contribution in [0.15, 0.2) is 36.4 Å². The zero-order valence-electron chi connectivity index (χ0n) is 16.7. The quantitative estimate of drug-likeness (QED) is 0.513. The van der Waals surface area contributed by atoms with E-state index in [4.69, 9.17) is 11.6 Å². The molecule has 1 aliphatic heterocycles. The van der Waals surface area contributed by atoms with E-state index in [2.05, 4.69) is 17.0 Å². The molecule has 1 amide bonds. The highest BCUT2D eigenvalue weighted by Gasteiger charge is 2.35. The highest BCUT2D eigenvalue weighted by Crippen LogP contribution is 2.32. The first kappa shape index (κ1) is 22.1. The number of halogens is 4. The van der Waals surface area contributed by atoms with E-state index in [0.717, 1.165) is 30.1 Å². The van der Waals surface area contributed by atoms with Crippen molar-refractivity contribution in [3.8, 4) is 11.3 Å². The molecule has 3 heterocycles. The number of aryl methyl sites for hydroxylation is 1. The van der Waals surface area contributed by atoms with E-state index in [-0.39, 0.29) is 11.3 Å². The molecule has 0 spiro atoms. The van der Waals surface area contributed by atoms with Crippen LogP contribution >= 0.6 is 11.6 Å². The minimum absolute atomic E-state index is 0.160. The molecule has 0 aliphatic carbocycles. The fourth-order valence-electron chi connectivity index (χ4n) is 3.38. The molecule has 4 rings (SSSR count). The van der Waals surface area contributed by atoms with Crippen LogP contribution in [0.5, 0.6) is 0 Å². The summed E-state index contributed by atoms with van der Waals surface area (Å²) in [5, 5.41) is 4.35. The first-order valence-corrected chi connectivity index (χ1v) is 9.95. The van der Waals surface area contributed by atoms with Gasteiger partial charge in [-0.25, -0.2) is 9.50 Å². The Kier molecular flexibility index (Phi) is 6.65. The topological polar surface area (TPSA) is 50.5 Å². The summed E-state index contributed by atoms with van der Waals surface area (Å²) in [6, 6.07) is 8.97. The molecule has 1 saturated heterocycles. The van der Waals surface area contributed by atoms with Crippen molar-refractivity contribution in [1.29, 1.82) is 0 Å². The van der Waals surface area contributed by atoms with E-state index < -0.39 is 11.9 Å². The first-order chi connectivity index (χ1) is 14.2. The Labute approximate surface area is 177 Å². The number of carbonyl (C=O) groups excluding carboxylic acids is 1. The Morgan fingerprint density at radius 2 is 1.90 bits per heavy atom. The van der Waals surface area contributed by atoms with Crippen LogP contribution in [0, 0.1) is 12.8 Å². The number of carbonyl (C=O) groups is 1. The number of nitrogens with zero attached hydrogens (tertiary/aromatic N) is 4. The number of fused-ring (bicyclic) bond motifs is 1. The van der Waals surface area contributed by atoms with E-state index in [9.17, 15) is 18.0 Å². The second-order valence-corrected chi connectivity index (χ2v) is 7.87. The molecular formula is C21H22ClF3N4O. The van der Waals surface area contributed by atoms with Crippen LogP contribution in [-0.2, 0) is 11.0 Å². The highest BCUT2D eigenvalue weighted by atomic mass is 35.5. The average molecular weight is 439 g/mol. The van der Waals surface area contributed by atoms with E-state index in [0.29, 0.717) is 22.2 Å². The lowest BCUT2D eigenvalue weighted by atomic mass is 10.0. The van der Waals surface area contributed by atoms with Crippen LogP contribution < -0.4 is 0 Å². The van der Waals surface area contributed by atoms with Gasteiger partial charge in [0.2, 0.25) is 6.41 Å². The molecule has 160 valence electrons. The predicted molar refractivity (Wildman–Crippen MR) is 109 cm³/mol. The molecule has 1 aromatic carbocycles. The van der Waals surface area contributed by atoms with Gasteiger partial charge in [-0.1, -0.05) is 30.7 Å². The minimum Gasteiger partial charge on any atom is -0.345 e. The molecule has 1 unspecified atom stereocenters. The van der Waals surface area contributed by atoms with Crippen molar-refractivity contribution < 1.29 is 18.0 Å². The maximum absolute atomic E-state index is 13.2. The smallest absolute Gasteiger partial charge is 0.345 e. The summed E-state index contributed by atoms with van der Waals surface area (Å²) in [5.74, 6) is 0.712. The lowest BCUT2D eigenvalue weighted by Crippen LogP contribution is -2.32. The summed E-state index contributed by atoms with van der Waals surface area (Å²) in [7, 11) is 0. The molecule has 30 heavy (non-hydrogen) atoms. The molecule has 2 aromatic heterocycles. The van der Waals surface area contributed by atoms with Crippen LogP contribution in [0.4, 0.5) is 13.2 Å². The summed E-state index contributed by atoms with van der Waals surface area (Å²) in [6.45, 7) is 5.74. The molecule has 3 aromatic rings. The van der Waals surface area contributed by atoms with Gasteiger partial charge in [0.1, 0.15) is 0 Å². The van der Waals surface area contributed by atoms with Crippen molar-refractivity contribution in [3.63, 3.8) is 0 Å². The monoisotopic (exact) mass is 438 g/mol. The van der Waals surface area contributed by atoms with Crippen LogP contribution in [-0.4, -0.2) is 39.0 Å². The van der Waals surface area contributed by atoms with Gasteiger partial charge in [-0.3, -0.25) is 4.79 Å². The zero-order chi connectivity index (χ0) is 21.9. The van der Waals surface area contributed by atoms with Crippen LogP contribution in [0.25, 0.3) is 16.9 Å². The number of likely N-dealkylation sites (tertiary alicyclic amines) is 1. The molecule has 0 bridgehead atoms. The van der Waals surface area contributed by atoms with Crippen molar-refractivity contribution in [2.45, 2.75) is 32.9 Å². The summed E-state index contributed by atoms with van der Waals surface area (Å²) in [6.07, 6.45) is -1.10. The van der Waals surface area contributed by atoms with E-state index in [1.165, 1.54) is 18.9 Å². The van der Waals surface area contributed by atoms with Crippen molar-refractivity contribution >= 4 is 23.7 Å². The van der Waals surface area contributed by atoms with Gasteiger partial charge in [-0.05, 0) is 43.9 Å². The van der Waals surface area contributed by atoms with E-state index in [1.54, 1.807) is 31.2 Å². The molecule has 0 radical (unpaired) electrons. The van der Waals surface area contributed by atoms with Gasteiger partial charge in [0.15, 0.2) is 11.3 Å². The maximum Gasteiger partial charge on any atom is 0.433 e. The Hall–Kier alpha value is -2.61. The minimum atomic E-state index is -4.51. The standard InChI is InChI=1S/C14H9ClF3N3.C7H13NO/c1-8-6-13-19-11(9-2-4-10(15)5-3-9)7-12(14(16,17)18)21(13)20-8;1-7-3-2-4-8(5-7)6-9/h2-7H,1H3;6-7H,2-5H2,1H3. The van der Waals surface area contributed by atoms with Crippen LogP contribution in [0.3, 0.4) is 0 Å². The largest absolute Gasteiger partial charge is 0.433 e. The van der Waals surface area contributed by atoms with Gasteiger partial charge < -0.3 is 4.90 Å². The van der Waals surface area contributed by atoms with Crippen LogP contribution in [0.2, 0.25) is 5.02 Å². The molecule has 0 saturated carbocycles. The second kappa shape index (κ2) is 9.04. The van der Waals surface area contributed by atoms with E-state index in [1.807, 2.05) is 4.90 Å². The molecule has 1 fully saturated rings. The molecule has 0 N–H and O–H groups in total. The van der Waals surface area contributed by atoms with Gasteiger partial charge in [0.25, 0.3) is 0 Å². The predicted octanol–water partition coefficient (Wildman–Crippen LogP) is 5.25. The summed E-state index contributed by atoms with van der Waals surface area (Å²) in [5.41, 5.74) is 0.566. The lowest BCUT2D eigenvalue weighted by molar-refractivity contribution is -0.142. The normalized spacial score (nSPS) is 16.9. The van der Waals surface area contributed by atoms with Gasteiger partial charge in [-0.15, -0.1) is 0 Å². The summed E-state index contributed by atoms with van der Waals surface area (Å²) < 4.78 is 40.3. The van der Waals surface area contributed by atoms with Gasteiger partial charge in [0.05, 0.1) is 11.4 Å². The molecule has 9 heteroatoms. The summed E-state index contributed by atoms with van der Waals surface area (Å²) >= 11 is 5.79. The number of hydrogen-bond donors (Lipinski definition) is 0. The number of benzene rings is 1. The number of amides is 1. The van der Waals surface area contributed by atoms with Gasteiger partial charge in [-0.2, -0.15) is 18.3 Å². The molecule has 5 nitrogen and oxygen atoms in total. The number of alkyl halides is 3. The fourth-order valence-corrected chi connectivity index (χ4v) is 3.51. The SMILES string of the molecule is CC1CCCN(C=O)C1.Cc1cc2nc(-c3ccc(Cl)cc3)cc(C(F)(F)F)n2n1. The van der Waals surface area contributed by atoms with Gasteiger partial charge in [0, 0.05) is 29.7 Å². The summed E-state index contributed by atoms with van der Waals surface area (Å²) in [4.78, 5) is 16.3. The second-order valence-electron chi connectivity index (χ2n) is 7.43. The van der Waals surface area contributed by atoms with Crippen molar-refractivity contribution in [2.24, 2.45) is 5.92 Å². The van der Waals surface area contributed by atoms with Crippen molar-refractivity contribution in [1.82, 2.24) is 19.5 Å². The molecular weight excluding hydrogens is 417 g/mol. The number of piperidine rings is 1. The number of aromatic nitrogens is 3. The third kappa shape index (κ3) is 5.30. The molecule has 1 atom stereocenters. The van der Waals surface area contributed by atoms with E-state index >= 15 is 0 Å². The Bertz CT molecular complexity index is 1020. The van der Waals surface area contributed by atoms with Gasteiger partial charge >= 0.3 is 6.18 Å². The highest BCUT2D eigenvalue weighted by molar-refractivity contribution is 6.30. The Balaban J connectivity index is 0.000000239. The number of hydrogen-bond acceptors (Lipinski definition) is 3. The Morgan fingerprint density at radius 3 is 2.47 bits per heavy atom. The maximum atomic E-state index is 13.2. The van der Waals surface area contributed by atoms with Crippen molar-refractivity contribution in [2.75, 3.05) is 13.1 Å². The third-order valence-corrected chi connectivity index (χ3v) is 5.07. The number of rotatable bonds is 2. The average Bonchev–Trinajstić information content (AvgIpc) is 3.07. The Morgan fingerprint density at radius 1 is 1.20 bits per heavy atom. The fraction of sp³-hybridized carbons (Fsp3) is 0.381. The first-order valence-electron chi connectivity index (χ1n) is 9.57. The zero-order valence-corrected chi connectivity index (χ0v) is 17.4.